The lowest BCUT2D eigenvalue weighted by molar-refractivity contribution is 0.0703. The van der Waals surface area contributed by atoms with Crippen molar-refractivity contribution in [2.45, 2.75) is 19.8 Å². The second kappa shape index (κ2) is 5.18. The minimum atomic E-state index is -0.949. The van der Waals surface area contributed by atoms with Gasteiger partial charge in [-0.1, -0.05) is 13.8 Å². The van der Waals surface area contributed by atoms with Gasteiger partial charge in [0, 0.05) is 15.8 Å². The molecule has 0 aliphatic carbocycles. The summed E-state index contributed by atoms with van der Waals surface area (Å²) in [5, 5.41) is 11.2. The maximum absolute atomic E-state index is 11.2. The summed E-state index contributed by atoms with van der Waals surface area (Å²) in [6.07, 6.45) is 0. The van der Waals surface area contributed by atoms with Crippen molar-refractivity contribution in [3.8, 4) is 10.4 Å². The van der Waals surface area contributed by atoms with Gasteiger partial charge in [0.1, 0.15) is 4.88 Å². The van der Waals surface area contributed by atoms with Crippen molar-refractivity contribution in [2.24, 2.45) is 0 Å². The summed E-state index contributed by atoms with van der Waals surface area (Å²) in [7, 11) is 0. The summed E-state index contributed by atoms with van der Waals surface area (Å²) in [5.74, 6) is -0.738. The van der Waals surface area contributed by atoms with Crippen molar-refractivity contribution in [1.29, 1.82) is 0 Å². The third kappa shape index (κ3) is 2.41. The van der Waals surface area contributed by atoms with Crippen molar-refractivity contribution in [3.05, 3.63) is 24.8 Å². The Balaban J connectivity index is 2.66. The first-order valence-corrected chi connectivity index (χ1v) is 8.09. The molecule has 96 valence electrons. The molecular formula is C12H12INO2S2. The molecule has 0 atom stereocenters. The predicted octanol–water partition coefficient (Wildman–Crippen LogP) is 4.49. The van der Waals surface area contributed by atoms with E-state index in [-0.39, 0.29) is 10.8 Å². The molecule has 0 saturated carbocycles. The van der Waals surface area contributed by atoms with Gasteiger partial charge >= 0.3 is 5.97 Å². The lowest BCUT2D eigenvalue weighted by Crippen LogP contribution is -2.00. The smallest absolute Gasteiger partial charge is 0.348 e. The molecule has 0 unspecified atom stereocenters. The summed E-state index contributed by atoms with van der Waals surface area (Å²) < 4.78 is 1.18. The molecule has 2 aromatic heterocycles. The van der Waals surface area contributed by atoms with Crippen molar-refractivity contribution in [2.75, 3.05) is 5.73 Å². The van der Waals surface area contributed by atoms with E-state index in [1.165, 1.54) is 14.2 Å². The van der Waals surface area contributed by atoms with Crippen molar-refractivity contribution >= 4 is 56.9 Å². The molecule has 3 nitrogen and oxygen atoms in total. The number of nitrogen functional groups attached to an aromatic ring is 1. The zero-order valence-corrected chi connectivity index (χ0v) is 13.6. The van der Waals surface area contributed by atoms with Gasteiger partial charge in [-0.3, -0.25) is 0 Å². The second-order valence-corrected chi connectivity index (χ2v) is 8.01. The molecule has 6 heteroatoms. The van der Waals surface area contributed by atoms with Gasteiger partial charge < -0.3 is 10.8 Å². The molecule has 0 amide bonds. The van der Waals surface area contributed by atoms with Crippen LogP contribution in [0, 0.1) is 2.88 Å². The first-order valence-electron chi connectivity index (χ1n) is 5.31. The molecule has 0 spiro atoms. The number of aromatic carboxylic acids is 1. The van der Waals surface area contributed by atoms with E-state index in [4.69, 9.17) is 10.8 Å². The van der Waals surface area contributed by atoms with E-state index in [0.29, 0.717) is 5.69 Å². The van der Waals surface area contributed by atoms with Crippen LogP contribution in [0.1, 0.15) is 35.0 Å². The van der Waals surface area contributed by atoms with Crippen LogP contribution in [-0.4, -0.2) is 11.1 Å². The fourth-order valence-corrected chi connectivity index (χ4v) is 4.45. The van der Waals surface area contributed by atoms with Crippen LogP contribution in [0.5, 0.6) is 0 Å². The average Bonchev–Trinajstić information content (AvgIpc) is 2.81. The molecule has 2 rings (SSSR count). The average molecular weight is 393 g/mol. The van der Waals surface area contributed by atoms with Gasteiger partial charge in [-0.15, -0.1) is 22.7 Å². The van der Waals surface area contributed by atoms with Gasteiger partial charge in [0.05, 0.1) is 8.57 Å². The Bertz CT molecular complexity index is 601. The fourth-order valence-electron chi connectivity index (χ4n) is 1.83. The Labute approximate surface area is 127 Å². The van der Waals surface area contributed by atoms with E-state index in [2.05, 4.69) is 28.7 Å². The fraction of sp³-hybridized carbons (Fsp3) is 0.250. The maximum atomic E-state index is 11.2. The molecule has 0 aliphatic rings. The topological polar surface area (TPSA) is 63.3 Å². The lowest BCUT2D eigenvalue weighted by Gasteiger charge is -2.07. The normalized spacial score (nSPS) is 11.1. The summed E-state index contributed by atoms with van der Waals surface area (Å²) >= 11 is 5.18. The van der Waals surface area contributed by atoms with Crippen molar-refractivity contribution in [3.63, 3.8) is 0 Å². The van der Waals surface area contributed by atoms with Crippen LogP contribution < -0.4 is 5.73 Å². The highest BCUT2D eigenvalue weighted by Gasteiger charge is 2.23. The lowest BCUT2D eigenvalue weighted by atomic mass is 9.99. The number of halogens is 1. The van der Waals surface area contributed by atoms with Crippen LogP contribution >= 0.6 is 45.3 Å². The summed E-state index contributed by atoms with van der Waals surface area (Å²) in [5.41, 5.74) is 8.41. The third-order valence-electron chi connectivity index (χ3n) is 2.58. The Kier molecular flexibility index (Phi) is 3.98. The molecule has 2 aromatic rings. The molecule has 0 aliphatic heterocycles. The van der Waals surface area contributed by atoms with Crippen LogP contribution in [0.15, 0.2) is 11.4 Å². The molecule has 2 heterocycles. The Hall–Kier alpha value is -0.600. The maximum Gasteiger partial charge on any atom is 0.348 e. The van der Waals surface area contributed by atoms with Crippen LogP contribution in [0.3, 0.4) is 0 Å². The minimum Gasteiger partial charge on any atom is -0.477 e. The highest BCUT2D eigenvalue weighted by Crippen LogP contribution is 2.43. The number of thiophene rings is 2. The molecule has 0 radical (unpaired) electrons. The number of rotatable bonds is 3. The molecule has 0 fully saturated rings. The van der Waals surface area contributed by atoms with E-state index in [9.17, 15) is 4.79 Å². The second-order valence-electron chi connectivity index (χ2n) is 4.19. The molecular weight excluding hydrogens is 381 g/mol. The summed E-state index contributed by atoms with van der Waals surface area (Å²) in [6, 6.07) is 2.06. The van der Waals surface area contributed by atoms with Gasteiger partial charge in [-0.05, 0) is 40.1 Å². The number of anilines is 1. The number of hydrogen-bond donors (Lipinski definition) is 2. The van der Waals surface area contributed by atoms with Crippen molar-refractivity contribution < 1.29 is 9.90 Å². The van der Waals surface area contributed by atoms with E-state index < -0.39 is 5.97 Å². The van der Waals surface area contributed by atoms with Gasteiger partial charge in [-0.2, -0.15) is 0 Å². The number of carbonyl (C=O) groups is 1. The Morgan fingerprint density at radius 3 is 2.61 bits per heavy atom. The van der Waals surface area contributed by atoms with Gasteiger partial charge in [-0.25, -0.2) is 4.79 Å². The highest BCUT2D eigenvalue weighted by molar-refractivity contribution is 14.1. The van der Waals surface area contributed by atoms with E-state index in [1.807, 2.05) is 19.2 Å². The zero-order chi connectivity index (χ0) is 13.4. The minimum absolute atomic E-state index is 0.210. The molecule has 0 aromatic carbocycles. The van der Waals surface area contributed by atoms with Crippen LogP contribution in [0.25, 0.3) is 10.4 Å². The highest BCUT2D eigenvalue weighted by atomic mass is 127. The van der Waals surface area contributed by atoms with Crippen LogP contribution in [-0.2, 0) is 0 Å². The number of hydrogen-bond acceptors (Lipinski definition) is 4. The largest absolute Gasteiger partial charge is 0.477 e. The first kappa shape index (κ1) is 13.8. The van der Waals surface area contributed by atoms with E-state index in [0.717, 1.165) is 16.0 Å². The SMILES string of the molecule is CC(C)c1c(-c2csc(I)c2)sc(C(=O)O)c1N. The van der Waals surface area contributed by atoms with E-state index in [1.54, 1.807) is 11.3 Å². The third-order valence-corrected chi connectivity index (χ3v) is 5.63. The predicted molar refractivity (Wildman–Crippen MR) is 85.8 cm³/mol. The zero-order valence-electron chi connectivity index (χ0n) is 9.86. The standard InChI is InChI=1S/C12H12INO2S2/c1-5(2)8-9(14)11(12(15)16)18-10(8)6-3-7(13)17-4-6/h3-5H,14H2,1-2H3,(H,15,16). The quantitative estimate of drug-likeness (QED) is 0.756. The van der Waals surface area contributed by atoms with Crippen LogP contribution in [0.2, 0.25) is 0 Å². The molecule has 18 heavy (non-hydrogen) atoms. The Morgan fingerprint density at radius 1 is 1.50 bits per heavy atom. The van der Waals surface area contributed by atoms with Gasteiger partial charge in [0.15, 0.2) is 0 Å². The van der Waals surface area contributed by atoms with Gasteiger partial charge in [0.2, 0.25) is 0 Å². The molecule has 3 N–H and O–H groups in total. The molecule has 0 bridgehead atoms. The summed E-state index contributed by atoms with van der Waals surface area (Å²) in [4.78, 5) is 12.4. The van der Waals surface area contributed by atoms with Crippen LogP contribution in [0.4, 0.5) is 5.69 Å². The number of carboxylic acid groups (broad SMARTS) is 1. The van der Waals surface area contributed by atoms with Crippen molar-refractivity contribution in [1.82, 2.24) is 0 Å². The summed E-state index contributed by atoms with van der Waals surface area (Å²) in [6.45, 7) is 4.07. The number of nitrogens with two attached hydrogens (primary N) is 1. The van der Waals surface area contributed by atoms with Gasteiger partial charge in [0.25, 0.3) is 0 Å². The number of carboxylic acids is 1. The monoisotopic (exact) mass is 393 g/mol. The Morgan fingerprint density at radius 2 is 2.17 bits per heavy atom. The first-order chi connectivity index (χ1) is 8.41. The van der Waals surface area contributed by atoms with E-state index >= 15 is 0 Å². The molecule has 0 saturated heterocycles.